The number of carboxylic acid groups (broad SMARTS) is 1. The molecule has 0 spiro atoms. The van der Waals surface area contributed by atoms with E-state index < -0.39 is 22.9 Å². The predicted octanol–water partition coefficient (Wildman–Crippen LogP) is 1.18. The molecular formula is C13H11NO5. The normalized spacial score (nSPS) is 16.5. The summed E-state index contributed by atoms with van der Waals surface area (Å²) in [5.41, 5.74) is -0.110. The molecule has 0 saturated heterocycles. The molecule has 0 bridgehead atoms. The van der Waals surface area contributed by atoms with Gasteiger partial charge in [0.15, 0.2) is 11.4 Å². The van der Waals surface area contributed by atoms with Crippen molar-refractivity contribution in [3.05, 3.63) is 34.3 Å². The molecule has 0 amide bonds. The van der Waals surface area contributed by atoms with Gasteiger partial charge >= 0.3 is 11.7 Å². The minimum atomic E-state index is -1.27. The van der Waals surface area contributed by atoms with Crippen molar-refractivity contribution in [2.75, 3.05) is 0 Å². The number of aromatic nitrogens is 1. The number of aryl methyl sites for hydroxylation is 1. The van der Waals surface area contributed by atoms with E-state index in [-0.39, 0.29) is 0 Å². The Morgan fingerprint density at radius 3 is 2.63 bits per heavy atom. The van der Waals surface area contributed by atoms with Crippen LogP contribution in [0.2, 0.25) is 0 Å². The largest absolute Gasteiger partial charge is 0.480 e. The summed E-state index contributed by atoms with van der Waals surface area (Å²) in [5, 5.41) is 9.11. The zero-order valence-electron chi connectivity index (χ0n) is 10.2. The summed E-state index contributed by atoms with van der Waals surface area (Å²) in [6.07, 6.45) is 0.729. The Morgan fingerprint density at radius 2 is 2.05 bits per heavy atom. The number of ketones is 1. The molecule has 1 aromatic heterocycles. The fourth-order valence-corrected chi connectivity index (χ4v) is 2.21. The number of rotatable bonds is 3. The third-order valence-corrected chi connectivity index (χ3v) is 3.65. The van der Waals surface area contributed by atoms with Crippen molar-refractivity contribution in [3.8, 4) is 0 Å². The molecule has 1 fully saturated rings. The molecule has 19 heavy (non-hydrogen) atoms. The number of hydrogen-bond donors (Lipinski definition) is 1. The van der Waals surface area contributed by atoms with E-state index in [2.05, 4.69) is 0 Å². The Balaban J connectivity index is 2.12. The summed E-state index contributed by atoms with van der Waals surface area (Å²) < 4.78 is 6.25. The van der Waals surface area contributed by atoms with Crippen LogP contribution in [-0.2, 0) is 11.8 Å². The number of carbonyl (C=O) groups is 2. The van der Waals surface area contributed by atoms with E-state index in [1.807, 2.05) is 0 Å². The lowest BCUT2D eigenvalue weighted by molar-refractivity contribution is -0.141. The lowest BCUT2D eigenvalue weighted by atomic mass is 9.95. The van der Waals surface area contributed by atoms with Crippen molar-refractivity contribution in [1.82, 2.24) is 4.57 Å². The van der Waals surface area contributed by atoms with Gasteiger partial charge in [0.25, 0.3) is 0 Å². The van der Waals surface area contributed by atoms with Gasteiger partial charge in [-0.15, -0.1) is 0 Å². The van der Waals surface area contributed by atoms with Crippen molar-refractivity contribution in [3.63, 3.8) is 0 Å². The smallest absolute Gasteiger partial charge is 0.419 e. The standard InChI is InChI=1S/C13H11NO5/c1-14-8-6-7(2-3-9(8)19-12(14)18)10(15)13(4-5-13)11(16)17/h2-3,6H,4-5H2,1H3,(H,16,17). The third kappa shape index (κ3) is 1.53. The van der Waals surface area contributed by atoms with Crippen LogP contribution in [0, 0.1) is 5.41 Å². The second-order valence-corrected chi connectivity index (χ2v) is 4.83. The molecule has 0 unspecified atom stereocenters. The lowest BCUT2D eigenvalue weighted by Crippen LogP contribution is -2.25. The van der Waals surface area contributed by atoms with Gasteiger partial charge in [-0.05, 0) is 31.0 Å². The molecule has 0 atom stereocenters. The molecule has 1 aliphatic rings. The Labute approximate surface area is 107 Å². The Morgan fingerprint density at radius 1 is 1.37 bits per heavy atom. The highest BCUT2D eigenvalue weighted by Gasteiger charge is 2.56. The number of hydrogen-bond acceptors (Lipinski definition) is 4. The van der Waals surface area contributed by atoms with Crippen LogP contribution in [0.4, 0.5) is 0 Å². The summed E-state index contributed by atoms with van der Waals surface area (Å²) in [5.74, 6) is -2.01. The first-order chi connectivity index (χ1) is 8.95. The van der Waals surface area contributed by atoms with Gasteiger partial charge in [-0.1, -0.05) is 0 Å². The maximum absolute atomic E-state index is 12.2. The van der Waals surface area contributed by atoms with E-state index in [1.165, 1.54) is 29.8 Å². The van der Waals surface area contributed by atoms with Gasteiger partial charge in [0.1, 0.15) is 5.41 Å². The van der Waals surface area contributed by atoms with Crippen LogP contribution in [0.5, 0.6) is 0 Å². The van der Waals surface area contributed by atoms with Gasteiger partial charge in [-0.3, -0.25) is 14.2 Å². The monoisotopic (exact) mass is 261 g/mol. The molecular weight excluding hydrogens is 250 g/mol. The fourth-order valence-electron chi connectivity index (χ4n) is 2.21. The molecule has 0 aliphatic heterocycles. The number of fused-ring (bicyclic) bond motifs is 1. The van der Waals surface area contributed by atoms with E-state index >= 15 is 0 Å². The zero-order valence-corrected chi connectivity index (χ0v) is 10.2. The van der Waals surface area contributed by atoms with E-state index in [1.54, 1.807) is 0 Å². The number of Topliss-reactive ketones (excluding diaryl/α,β-unsaturated/α-hetero) is 1. The van der Waals surface area contributed by atoms with E-state index in [0.29, 0.717) is 29.5 Å². The number of aliphatic carboxylic acids is 1. The highest BCUT2D eigenvalue weighted by Crippen LogP contribution is 2.48. The van der Waals surface area contributed by atoms with Gasteiger partial charge in [-0.2, -0.15) is 0 Å². The topological polar surface area (TPSA) is 89.5 Å². The van der Waals surface area contributed by atoms with Crippen molar-refractivity contribution in [2.24, 2.45) is 12.5 Å². The van der Waals surface area contributed by atoms with E-state index in [9.17, 15) is 14.4 Å². The first-order valence-electron chi connectivity index (χ1n) is 5.83. The van der Waals surface area contributed by atoms with Crippen LogP contribution < -0.4 is 5.76 Å². The number of nitrogens with zero attached hydrogens (tertiary/aromatic N) is 1. The summed E-state index contributed by atoms with van der Waals surface area (Å²) in [6.45, 7) is 0. The third-order valence-electron chi connectivity index (χ3n) is 3.65. The van der Waals surface area contributed by atoms with E-state index in [4.69, 9.17) is 9.52 Å². The van der Waals surface area contributed by atoms with Gasteiger partial charge < -0.3 is 9.52 Å². The first kappa shape index (κ1) is 11.7. The Hall–Kier alpha value is -2.37. The van der Waals surface area contributed by atoms with Gasteiger partial charge in [0.2, 0.25) is 0 Å². The van der Waals surface area contributed by atoms with Crippen molar-refractivity contribution in [2.45, 2.75) is 12.8 Å². The molecule has 1 heterocycles. The number of carbonyl (C=O) groups excluding carboxylic acids is 1. The number of oxazole rings is 1. The summed E-state index contributed by atoms with van der Waals surface area (Å²) in [7, 11) is 1.53. The molecule has 0 radical (unpaired) electrons. The minimum Gasteiger partial charge on any atom is -0.480 e. The summed E-state index contributed by atoms with van der Waals surface area (Å²) in [6, 6.07) is 4.52. The van der Waals surface area contributed by atoms with Crippen LogP contribution in [0.1, 0.15) is 23.2 Å². The van der Waals surface area contributed by atoms with Gasteiger partial charge in [0.05, 0.1) is 5.52 Å². The molecule has 3 rings (SSSR count). The van der Waals surface area contributed by atoms with Crippen LogP contribution in [0.3, 0.4) is 0 Å². The molecule has 1 aromatic carbocycles. The zero-order chi connectivity index (χ0) is 13.8. The SMILES string of the molecule is Cn1c(=O)oc2ccc(C(=O)C3(C(=O)O)CC3)cc21. The molecule has 6 heteroatoms. The molecule has 1 saturated carbocycles. The number of carboxylic acids is 1. The van der Waals surface area contributed by atoms with Crippen LogP contribution in [-0.4, -0.2) is 21.4 Å². The molecule has 1 aliphatic carbocycles. The van der Waals surface area contributed by atoms with E-state index in [0.717, 1.165) is 0 Å². The highest BCUT2D eigenvalue weighted by molar-refractivity contribution is 6.15. The second-order valence-electron chi connectivity index (χ2n) is 4.83. The van der Waals surface area contributed by atoms with Crippen LogP contribution in [0.15, 0.2) is 27.4 Å². The average molecular weight is 261 g/mol. The average Bonchev–Trinajstić information content (AvgIpc) is 3.14. The number of benzene rings is 1. The highest BCUT2D eigenvalue weighted by atomic mass is 16.4. The van der Waals surface area contributed by atoms with Crippen molar-refractivity contribution in [1.29, 1.82) is 0 Å². The predicted molar refractivity (Wildman–Crippen MR) is 65.1 cm³/mol. The van der Waals surface area contributed by atoms with Crippen molar-refractivity contribution < 1.29 is 19.1 Å². The molecule has 98 valence electrons. The van der Waals surface area contributed by atoms with Crippen LogP contribution in [0.25, 0.3) is 11.1 Å². The second kappa shape index (κ2) is 3.57. The van der Waals surface area contributed by atoms with Crippen LogP contribution >= 0.6 is 0 Å². The molecule has 2 aromatic rings. The van der Waals surface area contributed by atoms with Gasteiger partial charge in [-0.25, -0.2) is 4.79 Å². The summed E-state index contributed by atoms with van der Waals surface area (Å²) >= 11 is 0. The first-order valence-corrected chi connectivity index (χ1v) is 5.83. The Bertz CT molecular complexity index is 763. The molecule has 1 N–H and O–H groups in total. The maximum atomic E-state index is 12.2. The Kier molecular flexibility index (Phi) is 2.20. The molecule has 6 nitrogen and oxygen atoms in total. The quantitative estimate of drug-likeness (QED) is 0.661. The van der Waals surface area contributed by atoms with Gasteiger partial charge in [0, 0.05) is 12.6 Å². The van der Waals surface area contributed by atoms with Crippen molar-refractivity contribution >= 4 is 22.9 Å². The summed E-state index contributed by atoms with van der Waals surface area (Å²) in [4.78, 5) is 34.7. The maximum Gasteiger partial charge on any atom is 0.419 e. The lowest BCUT2D eigenvalue weighted by Gasteiger charge is -2.08. The fraction of sp³-hybridized carbons (Fsp3) is 0.308. The minimum absolute atomic E-state index is 0.295.